The largest absolute Gasteiger partial charge is 0.464 e. The summed E-state index contributed by atoms with van der Waals surface area (Å²) in [5, 5.41) is 3.46. The Bertz CT molecular complexity index is 397. The topological polar surface area (TPSA) is 28.4 Å². The predicted molar refractivity (Wildman–Crippen MR) is 72.6 cm³/mol. The van der Waals surface area contributed by atoms with Crippen molar-refractivity contribution in [1.82, 2.24) is 10.2 Å². The first-order chi connectivity index (χ1) is 8.74. The van der Waals surface area contributed by atoms with Gasteiger partial charge in [-0.3, -0.25) is 0 Å². The van der Waals surface area contributed by atoms with E-state index in [2.05, 4.69) is 36.3 Å². The van der Waals surface area contributed by atoms with Crippen molar-refractivity contribution in [1.29, 1.82) is 0 Å². The van der Waals surface area contributed by atoms with Gasteiger partial charge in [0.15, 0.2) is 0 Å². The van der Waals surface area contributed by atoms with Crippen molar-refractivity contribution in [2.24, 2.45) is 5.92 Å². The molecule has 0 aliphatic heterocycles. The summed E-state index contributed by atoms with van der Waals surface area (Å²) in [6.07, 6.45) is 4.07. The second-order valence-electron chi connectivity index (χ2n) is 6.01. The van der Waals surface area contributed by atoms with Gasteiger partial charge in [0.2, 0.25) is 0 Å². The van der Waals surface area contributed by atoms with E-state index in [9.17, 15) is 0 Å². The van der Waals surface area contributed by atoms with Crippen molar-refractivity contribution in [2.75, 3.05) is 20.1 Å². The van der Waals surface area contributed by atoms with Gasteiger partial charge in [0.05, 0.1) is 6.54 Å². The van der Waals surface area contributed by atoms with Crippen LogP contribution >= 0.6 is 0 Å². The summed E-state index contributed by atoms with van der Waals surface area (Å²) in [6, 6.07) is 5.14. The van der Waals surface area contributed by atoms with Crippen LogP contribution in [0.3, 0.4) is 0 Å². The summed E-state index contributed by atoms with van der Waals surface area (Å²) in [7, 11) is 2.22. The molecule has 0 bridgehead atoms. The van der Waals surface area contributed by atoms with Crippen molar-refractivity contribution in [2.45, 2.75) is 44.7 Å². The molecule has 2 aliphatic rings. The first-order valence-electron chi connectivity index (χ1n) is 7.23. The highest BCUT2D eigenvalue weighted by atomic mass is 16.3. The van der Waals surface area contributed by atoms with E-state index in [0.29, 0.717) is 5.92 Å². The maximum Gasteiger partial charge on any atom is 0.117 e. The summed E-state index contributed by atoms with van der Waals surface area (Å²) in [6.45, 7) is 5.33. The van der Waals surface area contributed by atoms with Gasteiger partial charge in [-0.15, -0.1) is 0 Å². The van der Waals surface area contributed by atoms with Gasteiger partial charge < -0.3 is 14.6 Å². The van der Waals surface area contributed by atoms with Crippen molar-refractivity contribution in [3.8, 4) is 0 Å². The normalized spacial score (nSPS) is 26.8. The van der Waals surface area contributed by atoms with E-state index in [0.717, 1.165) is 37.4 Å². The molecule has 2 aliphatic carbocycles. The Balaban J connectivity index is 1.36. The SMILES string of the molecule is CC1CC1c1ccc(CNCCN(C)C2CC2)o1. The van der Waals surface area contributed by atoms with Crippen molar-refractivity contribution in [3.05, 3.63) is 23.7 Å². The van der Waals surface area contributed by atoms with Gasteiger partial charge in [-0.2, -0.15) is 0 Å². The smallest absolute Gasteiger partial charge is 0.117 e. The zero-order valence-corrected chi connectivity index (χ0v) is 11.5. The van der Waals surface area contributed by atoms with E-state index in [1.54, 1.807) is 0 Å². The molecular weight excluding hydrogens is 224 g/mol. The highest BCUT2D eigenvalue weighted by molar-refractivity contribution is 5.17. The minimum Gasteiger partial charge on any atom is -0.464 e. The van der Waals surface area contributed by atoms with E-state index in [1.807, 2.05) is 0 Å². The van der Waals surface area contributed by atoms with Crippen LogP contribution in [-0.2, 0) is 6.54 Å². The number of hydrogen-bond acceptors (Lipinski definition) is 3. The zero-order valence-electron chi connectivity index (χ0n) is 11.5. The molecule has 1 aromatic heterocycles. The maximum atomic E-state index is 5.87. The number of furan rings is 1. The summed E-state index contributed by atoms with van der Waals surface area (Å²) in [5.74, 6) is 3.79. The molecule has 1 N–H and O–H groups in total. The van der Waals surface area contributed by atoms with Gasteiger partial charge in [0.1, 0.15) is 11.5 Å². The predicted octanol–water partition coefficient (Wildman–Crippen LogP) is 2.59. The Morgan fingerprint density at radius 1 is 1.39 bits per heavy atom. The Morgan fingerprint density at radius 2 is 2.17 bits per heavy atom. The Hall–Kier alpha value is -0.800. The second-order valence-corrected chi connectivity index (χ2v) is 6.01. The van der Waals surface area contributed by atoms with E-state index in [1.165, 1.54) is 25.0 Å². The van der Waals surface area contributed by atoms with Gasteiger partial charge in [0, 0.05) is 25.0 Å². The molecule has 100 valence electrons. The molecule has 2 atom stereocenters. The Kier molecular flexibility index (Phi) is 3.44. The lowest BCUT2D eigenvalue weighted by Crippen LogP contribution is -2.30. The molecule has 0 amide bonds. The van der Waals surface area contributed by atoms with Crippen LogP contribution in [0.15, 0.2) is 16.5 Å². The summed E-state index contributed by atoms with van der Waals surface area (Å²) < 4.78 is 5.87. The molecule has 1 aromatic rings. The maximum absolute atomic E-state index is 5.87. The van der Waals surface area contributed by atoms with Gasteiger partial charge in [-0.05, 0) is 44.4 Å². The lowest BCUT2D eigenvalue weighted by atomic mass is 10.3. The first-order valence-corrected chi connectivity index (χ1v) is 7.23. The van der Waals surface area contributed by atoms with E-state index in [-0.39, 0.29) is 0 Å². The van der Waals surface area contributed by atoms with E-state index < -0.39 is 0 Å². The molecule has 0 aromatic carbocycles. The van der Waals surface area contributed by atoms with Crippen molar-refractivity contribution < 1.29 is 4.42 Å². The van der Waals surface area contributed by atoms with Crippen LogP contribution < -0.4 is 5.32 Å². The number of nitrogens with zero attached hydrogens (tertiary/aromatic N) is 1. The van der Waals surface area contributed by atoms with Crippen LogP contribution in [0.25, 0.3) is 0 Å². The van der Waals surface area contributed by atoms with Gasteiger partial charge >= 0.3 is 0 Å². The number of rotatable bonds is 7. The van der Waals surface area contributed by atoms with E-state index in [4.69, 9.17) is 4.42 Å². The summed E-state index contributed by atoms with van der Waals surface area (Å²) in [4.78, 5) is 2.45. The third-order valence-electron chi connectivity index (χ3n) is 4.27. The lowest BCUT2D eigenvalue weighted by Gasteiger charge is -2.15. The molecule has 18 heavy (non-hydrogen) atoms. The minimum atomic E-state index is 0.694. The molecule has 2 saturated carbocycles. The van der Waals surface area contributed by atoms with Crippen LogP contribution in [0, 0.1) is 5.92 Å². The standard InChI is InChI=1S/C15H24N2O/c1-11-9-14(11)15-6-5-13(18-15)10-16-7-8-17(2)12-3-4-12/h5-6,11-12,14,16H,3-4,7-10H2,1-2H3. The molecule has 2 fully saturated rings. The fraction of sp³-hybridized carbons (Fsp3) is 0.733. The Morgan fingerprint density at radius 3 is 2.83 bits per heavy atom. The zero-order chi connectivity index (χ0) is 12.5. The third kappa shape index (κ3) is 2.96. The fourth-order valence-electron chi connectivity index (χ4n) is 2.57. The molecule has 3 nitrogen and oxygen atoms in total. The number of hydrogen-bond donors (Lipinski definition) is 1. The molecule has 0 spiro atoms. The quantitative estimate of drug-likeness (QED) is 0.752. The van der Waals surface area contributed by atoms with Crippen LogP contribution in [0.4, 0.5) is 0 Å². The highest BCUT2D eigenvalue weighted by Gasteiger charge is 2.36. The van der Waals surface area contributed by atoms with Gasteiger partial charge in [0.25, 0.3) is 0 Å². The van der Waals surface area contributed by atoms with Crippen molar-refractivity contribution in [3.63, 3.8) is 0 Å². The number of nitrogens with one attached hydrogen (secondary N) is 1. The van der Waals surface area contributed by atoms with Crippen LogP contribution in [-0.4, -0.2) is 31.1 Å². The molecule has 1 heterocycles. The summed E-state index contributed by atoms with van der Waals surface area (Å²) in [5.41, 5.74) is 0. The van der Waals surface area contributed by atoms with Gasteiger partial charge in [-0.25, -0.2) is 0 Å². The highest BCUT2D eigenvalue weighted by Crippen LogP contribution is 2.47. The molecular formula is C15H24N2O. The fourth-order valence-corrected chi connectivity index (χ4v) is 2.57. The van der Waals surface area contributed by atoms with Crippen molar-refractivity contribution >= 4 is 0 Å². The minimum absolute atomic E-state index is 0.694. The summed E-state index contributed by atoms with van der Waals surface area (Å²) >= 11 is 0. The average molecular weight is 248 g/mol. The molecule has 0 saturated heterocycles. The molecule has 3 rings (SSSR count). The van der Waals surface area contributed by atoms with E-state index >= 15 is 0 Å². The Labute approximate surface area is 110 Å². The monoisotopic (exact) mass is 248 g/mol. The molecule has 0 radical (unpaired) electrons. The van der Waals surface area contributed by atoms with Crippen LogP contribution in [0.5, 0.6) is 0 Å². The molecule has 3 heteroatoms. The second kappa shape index (κ2) is 5.06. The third-order valence-corrected chi connectivity index (χ3v) is 4.27. The first kappa shape index (κ1) is 12.2. The van der Waals surface area contributed by atoms with Crippen LogP contribution in [0.2, 0.25) is 0 Å². The molecule has 2 unspecified atom stereocenters. The number of likely N-dealkylation sites (N-methyl/N-ethyl adjacent to an activating group) is 1. The van der Waals surface area contributed by atoms with Gasteiger partial charge in [-0.1, -0.05) is 6.92 Å². The lowest BCUT2D eigenvalue weighted by molar-refractivity contribution is 0.318. The average Bonchev–Trinajstić information content (AvgIpc) is 3.26. The van der Waals surface area contributed by atoms with Crippen LogP contribution in [0.1, 0.15) is 43.6 Å².